The lowest BCUT2D eigenvalue weighted by atomic mass is 10.2. The number of carbonyl (C=O) groups is 1. The van der Waals surface area contributed by atoms with Gasteiger partial charge in [-0.15, -0.1) is 0 Å². The highest BCUT2D eigenvalue weighted by Gasteiger charge is 2.10. The molecule has 0 saturated heterocycles. The van der Waals surface area contributed by atoms with Crippen LogP contribution >= 0.6 is 0 Å². The highest BCUT2D eigenvalue weighted by molar-refractivity contribution is 6.07. The first-order valence-electron chi connectivity index (χ1n) is 6.76. The van der Waals surface area contributed by atoms with E-state index in [1.165, 1.54) is 6.20 Å². The minimum Gasteiger partial charge on any atom is -0.359 e. The highest BCUT2D eigenvalue weighted by Crippen LogP contribution is 2.14. The van der Waals surface area contributed by atoms with Crippen LogP contribution in [0.4, 0.5) is 11.4 Å². The number of hydrogen-bond acceptors (Lipinski definition) is 4. The van der Waals surface area contributed by atoms with Gasteiger partial charge in [-0.2, -0.15) is 5.26 Å². The van der Waals surface area contributed by atoms with E-state index in [-0.39, 0.29) is 5.57 Å². The fourth-order valence-electron chi connectivity index (χ4n) is 1.76. The van der Waals surface area contributed by atoms with Gasteiger partial charge in [0.1, 0.15) is 11.6 Å². The van der Waals surface area contributed by atoms with E-state index in [1.54, 1.807) is 12.3 Å². The van der Waals surface area contributed by atoms with Gasteiger partial charge in [-0.05, 0) is 37.6 Å². The molecule has 2 N–H and O–H groups in total. The lowest BCUT2D eigenvalue weighted by Gasteiger charge is -2.07. The number of hydrogen-bond donors (Lipinski definition) is 2. The Morgan fingerprint density at radius 3 is 2.64 bits per heavy atom. The fraction of sp³-hybridized carbons (Fsp3) is 0.118. The van der Waals surface area contributed by atoms with E-state index in [0.717, 1.165) is 11.3 Å². The van der Waals surface area contributed by atoms with Crippen LogP contribution in [0.3, 0.4) is 0 Å². The molecule has 0 aliphatic rings. The first kappa shape index (κ1) is 15.3. The standard InChI is InChI=1S/C17H16N4O/c1-12-5-3-4-6-16(12)21-17(22)14(9-18)10-20-15-8-7-13(2)19-11-15/h3-8,10-11,20H,1-2H3,(H,21,22)/b14-10-. The second-order valence-electron chi connectivity index (χ2n) is 4.77. The molecule has 5 nitrogen and oxygen atoms in total. The van der Waals surface area contributed by atoms with Crippen LogP contribution in [0.25, 0.3) is 0 Å². The molecule has 1 amide bonds. The Morgan fingerprint density at radius 1 is 1.23 bits per heavy atom. The minimum atomic E-state index is -0.454. The van der Waals surface area contributed by atoms with Gasteiger partial charge >= 0.3 is 0 Å². The SMILES string of the molecule is Cc1ccc(N/C=C(/C#N)C(=O)Nc2ccccc2C)cn1. The maximum absolute atomic E-state index is 12.1. The minimum absolute atomic E-state index is 0.0103. The van der Waals surface area contributed by atoms with Crippen LogP contribution in [0.5, 0.6) is 0 Å². The van der Waals surface area contributed by atoms with Crippen molar-refractivity contribution in [2.75, 3.05) is 10.6 Å². The van der Waals surface area contributed by atoms with Crippen LogP contribution in [-0.4, -0.2) is 10.9 Å². The molecule has 2 aromatic rings. The van der Waals surface area contributed by atoms with E-state index < -0.39 is 5.91 Å². The molecule has 0 spiro atoms. The summed E-state index contributed by atoms with van der Waals surface area (Å²) < 4.78 is 0. The number of aryl methyl sites for hydroxylation is 2. The first-order chi connectivity index (χ1) is 10.6. The van der Waals surface area contributed by atoms with Crippen molar-refractivity contribution < 1.29 is 4.79 Å². The van der Waals surface area contributed by atoms with Crippen LogP contribution in [0.1, 0.15) is 11.3 Å². The average molecular weight is 292 g/mol. The number of aromatic nitrogens is 1. The summed E-state index contributed by atoms with van der Waals surface area (Å²) in [7, 11) is 0. The predicted octanol–water partition coefficient (Wildman–Crippen LogP) is 3.16. The quantitative estimate of drug-likeness (QED) is 0.670. The largest absolute Gasteiger partial charge is 0.359 e. The second kappa shape index (κ2) is 7.04. The Bertz CT molecular complexity index is 742. The summed E-state index contributed by atoms with van der Waals surface area (Å²) in [5.74, 6) is -0.454. The summed E-state index contributed by atoms with van der Waals surface area (Å²) in [5, 5.41) is 14.7. The molecule has 0 fully saturated rings. The molecule has 5 heteroatoms. The van der Waals surface area contributed by atoms with E-state index in [2.05, 4.69) is 15.6 Å². The third-order valence-electron chi connectivity index (χ3n) is 3.05. The van der Waals surface area contributed by atoms with E-state index in [4.69, 9.17) is 5.26 Å². The van der Waals surface area contributed by atoms with Crippen LogP contribution < -0.4 is 10.6 Å². The summed E-state index contributed by atoms with van der Waals surface area (Å²) in [6.45, 7) is 3.78. The number of para-hydroxylation sites is 1. The number of nitrogens with one attached hydrogen (secondary N) is 2. The van der Waals surface area contributed by atoms with Gasteiger partial charge in [-0.3, -0.25) is 9.78 Å². The zero-order valence-corrected chi connectivity index (χ0v) is 12.4. The molecular weight excluding hydrogens is 276 g/mol. The molecule has 0 saturated carbocycles. The Kier molecular flexibility index (Phi) is 4.89. The normalized spacial score (nSPS) is 10.7. The first-order valence-corrected chi connectivity index (χ1v) is 6.76. The van der Waals surface area contributed by atoms with E-state index >= 15 is 0 Å². The average Bonchev–Trinajstić information content (AvgIpc) is 2.52. The molecule has 0 radical (unpaired) electrons. The number of carbonyl (C=O) groups excluding carboxylic acids is 1. The van der Waals surface area contributed by atoms with Crippen molar-refractivity contribution in [3.8, 4) is 6.07 Å². The van der Waals surface area contributed by atoms with Crippen LogP contribution in [0.2, 0.25) is 0 Å². The van der Waals surface area contributed by atoms with Crippen LogP contribution in [0, 0.1) is 25.2 Å². The maximum Gasteiger partial charge on any atom is 0.267 e. The van der Waals surface area contributed by atoms with E-state index in [1.807, 2.05) is 50.2 Å². The van der Waals surface area contributed by atoms with Crippen molar-refractivity contribution in [2.24, 2.45) is 0 Å². The number of rotatable bonds is 4. The molecule has 1 aromatic heterocycles. The molecule has 0 aliphatic carbocycles. The number of benzene rings is 1. The van der Waals surface area contributed by atoms with Gasteiger partial charge in [0.2, 0.25) is 0 Å². The molecule has 0 unspecified atom stereocenters. The van der Waals surface area contributed by atoms with Crippen molar-refractivity contribution >= 4 is 17.3 Å². The van der Waals surface area contributed by atoms with Gasteiger partial charge < -0.3 is 10.6 Å². The smallest absolute Gasteiger partial charge is 0.267 e. The zero-order chi connectivity index (χ0) is 15.9. The molecule has 2 rings (SSSR count). The molecule has 0 aliphatic heterocycles. The second-order valence-corrected chi connectivity index (χ2v) is 4.77. The van der Waals surface area contributed by atoms with E-state index in [9.17, 15) is 4.79 Å². The Labute approximate surface area is 129 Å². The van der Waals surface area contributed by atoms with Gasteiger partial charge in [-0.1, -0.05) is 18.2 Å². The van der Waals surface area contributed by atoms with Gasteiger partial charge in [0.25, 0.3) is 5.91 Å². The molecule has 1 aromatic carbocycles. The lowest BCUT2D eigenvalue weighted by Crippen LogP contribution is -2.15. The molecular formula is C17H16N4O. The Morgan fingerprint density at radius 2 is 2.00 bits per heavy atom. The summed E-state index contributed by atoms with van der Waals surface area (Å²) in [4.78, 5) is 16.2. The van der Waals surface area contributed by atoms with Gasteiger partial charge in [0.05, 0.1) is 11.9 Å². The van der Waals surface area contributed by atoms with E-state index in [0.29, 0.717) is 11.4 Å². The highest BCUT2D eigenvalue weighted by atomic mass is 16.1. The maximum atomic E-state index is 12.1. The summed E-state index contributed by atoms with van der Waals surface area (Å²) >= 11 is 0. The number of amides is 1. The number of nitrogens with zero attached hydrogens (tertiary/aromatic N) is 2. The fourth-order valence-corrected chi connectivity index (χ4v) is 1.76. The summed E-state index contributed by atoms with van der Waals surface area (Å²) in [6, 6.07) is 13.0. The molecule has 1 heterocycles. The summed E-state index contributed by atoms with van der Waals surface area (Å²) in [5.41, 5.74) is 3.22. The monoisotopic (exact) mass is 292 g/mol. The zero-order valence-electron chi connectivity index (χ0n) is 12.4. The summed E-state index contributed by atoms with van der Waals surface area (Å²) in [6.07, 6.45) is 3.01. The topological polar surface area (TPSA) is 77.8 Å². The van der Waals surface area contributed by atoms with Crippen molar-refractivity contribution in [1.29, 1.82) is 5.26 Å². The van der Waals surface area contributed by atoms with Crippen molar-refractivity contribution in [3.05, 3.63) is 65.6 Å². The van der Waals surface area contributed by atoms with Crippen molar-refractivity contribution in [2.45, 2.75) is 13.8 Å². The van der Waals surface area contributed by atoms with Gasteiger partial charge in [0, 0.05) is 17.6 Å². The predicted molar refractivity (Wildman–Crippen MR) is 86.1 cm³/mol. The molecule has 22 heavy (non-hydrogen) atoms. The third kappa shape index (κ3) is 3.93. The van der Waals surface area contributed by atoms with Crippen molar-refractivity contribution in [3.63, 3.8) is 0 Å². The van der Waals surface area contributed by atoms with Crippen molar-refractivity contribution in [1.82, 2.24) is 4.98 Å². The number of nitriles is 1. The Hall–Kier alpha value is -3.13. The molecule has 110 valence electrons. The number of pyridine rings is 1. The number of anilines is 2. The van der Waals surface area contributed by atoms with Crippen LogP contribution in [-0.2, 0) is 4.79 Å². The van der Waals surface area contributed by atoms with Gasteiger partial charge in [-0.25, -0.2) is 0 Å². The third-order valence-corrected chi connectivity index (χ3v) is 3.05. The molecule has 0 atom stereocenters. The van der Waals surface area contributed by atoms with Gasteiger partial charge in [0.15, 0.2) is 0 Å². The Balaban J connectivity index is 2.09. The lowest BCUT2D eigenvalue weighted by molar-refractivity contribution is -0.112. The van der Waals surface area contributed by atoms with Crippen LogP contribution in [0.15, 0.2) is 54.4 Å². The molecule has 0 bridgehead atoms.